The number of rotatable bonds is 8. The molecule has 0 aromatic rings. The van der Waals surface area contributed by atoms with Crippen LogP contribution in [0, 0.1) is 0 Å². The lowest BCUT2D eigenvalue weighted by Gasteiger charge is -2.27. The van der Waals surface area contributed by atoms with Crippen LogP contribution < -0.4 is 10.6 Å². The highest BCUT2D eigenvalue weighted by atomic mass is 16.5. The molecule has 2 unspecified atom stereocenters. The van der Waals surface area contributed by atoms with Gasteiger partial charge in [0.2, 0.25) is 5.91 Å². The molecule has 0 aliphatic carbocycles. The normalized spacial score (nSPS) is 15.4. The summed E-state index contributed by atoms with van der Waals surface area (Å²) in [6.07, 6.45) is 1.05. The van der Waals surface area contributed by atoms with Crippen LogP contribution in [-0.2, 0) is 9.53 Å². The monoisotopic (exact) mass is 244 g/mol. The van der Waals surface area contributed by atoms with Crippen molar-refractivity contribution < 1.29 is 9.53 Å². The van der Waals surface area contributed by atoms with Crippen molar-refractivity contribution in [2.75, 3.05) is 13.2 Å². The molecule has 0 bridgehead atoms. The van der Waals surface area contributed by atoms with Gasteiger partial charge in [-0.15, -0.1) is 0 Å². The van der Waals surface area contributed by atoms with E-state index in [1.807, 2.05) is 34.6 Å². The number of nitrogens with one attached hydrogen (secondary N) is 2. The van der Waals surface area contributed by atoms with Crippen LogP contribution in [-0.4, -0.2) is 36.7 Å². The molecule has 0 rings (SSSR count). The van der Waals surface area contributed by atoms with Crippen LogP contribution in [0.5, 0.6) is 0 Å². The Morgan fingerprint density at radius 2 is 1.88 bits per heavy atom. The predicted octanol–water partition coefficient (Wildman–Crippen LogP) is 1.69. The third kappa shape index (κ3) is 7.34. The summed E-state index contributed by atoms with van der Waals surface area (Å²) in [6.45, 7) is 13.4. The van der Waals surface area contributed by atoms with Crippen molar-refractivity contribution in [3.8, 4) is 0 Å². The molecule has 2 N–H and O–H groups in total. The van der Waals surface area contributed by atoms with E-state index < -0.39 is 0 Å². The van der Waals surface area contributed by atoms with Crippen LogP contribution in [0.4, 0.5) is 0 Å². The van der Waals surface area contributed by atoms with E-state index in [1.165, 1.54) is 0 Å². The average molecular weight is 244 g/mol. The molecule has 0 spiro atoms. The van der Waals surface area contributed by atoms with Gasteiger partial charge in [-0.3, -0.25) is 4.79 Å². The highest BCUT2D eigenvalue weighted by Crippen LogP contribution is 2.06. The second-order valence-electron chi connectivity index (χ2n) is 5.12. The number of hydrogen-bond acceptors (Lipinski definition) is 3. The van der Waals surface area contributed by atoms with Crippen LogP contribution in [0.1, 0.15) is 48.0 Å². The number of carbonyl (C=O) groups is 1. The quantitative estimate of drug-likeness (QED) is 0.683. The molecule has 4 heteroatoms. The maximum Gasteiger partial charge on any atom is 0.237 e. The summed E-state index contributed by atoms with van der Waals surface area (Å²) in [7, 11) is 0. The van der Waals surface area contributed by atoms with E-state index in [4.69, 9.17) is 4.74 Å². The third-order valence-electron chi connectivity index (χ3n) is 2.90. The first kappa shape index (κ1) is 16.4. The molecule has 0 aliphatic rings. The molecule has 17 heavy (non-hydrogen) atoms. The molecular formula is C13H28N2O2. The minimum atomic E-state index is -0.191. The predicted molar refractivity (Wildman–Crippen MR) is 71.1 cm³/mol. The van der Waals surface area contributed by atoms with Crippen LogP contribution in [0.2, 0.25) is 0 Å². The number of amides is 1. The Hall–Kier alpha value is -0.610. The molecule has 0 fully saturated rings. The van der Waals surface area contributed by atoms with E-state index in [9.17, 15) is 4.79 Å². The molecule has 0 heterocycles. The highest BCUT2D eigenvalue weighted by molar-refractivity contribution is 5.81. The highest BCUT2D eigenvalue weighted by Gasteiger charge is 2.21. The fourth-order valence-corrected chi connectivity index (χ4v) is 1.31. The number of hydrogen-bond donors (Lipinski definition) is 2. The van der Waals surface area contributed by atoms with E-state index in [0.717, 1.165) is 6.42 Å². The second-order valence-corrected chi connectivity index (χ2v) is 5.12. The number of ether oxygens (including phenoxy) is 1. The Balaban J connectivity index is 3.98. The number of carbonyl (C=O) groups excluding carboxylic acids is 1. The molecule has 102 valence electrons. The fraction of sp³-hybridized carbons (Fsp3) is 0.923. The maximum atomic E-state index is 11.9. The van der Waals surface area contributed by atoms with E-state index in [1.54, 1.807) is 0 Å². The Kier molecular flexibility index (Phi) is 7.39. The zero-order valence-electron chi connectivity index (χ0n) is 12.1. The summed E-state index contributed by atoms with van der Waals surface area (Å²) in [5.41, 5.74) is -0.140. The van der Waals surface area contributed by atoms with Gasteiger partial charge in [0, 0.05) is 18.7 Å². The standard InChI is InChI=1S/C13H28N2O2/c1-7-13(5,6)15-12(16)11(4)14-9-10(3)17-8-2/h10-11,14H,7-9H2,1-6H3,(H,15,16). The largest absolute Gasteiger partial charge is 0.377 e. The van der Waals surface area contributed by atoms with E-state index in [-0.39, 0.29) is 23.6 Å². The molecule has 0 saturated carbocycles. The summed E-state index contributed by atoms with van der Waals surface area (Å²) in [4.78, 5) is 11.9. The van der Waals surface area contributed by atoms with Gasteiger partial charge in [-0.2, -0.15) is 0 Å². The lowest BCUT2D eigenvalue weighted by molar-refractivity contribution is -0.124. The van der Waals surface area contributed by atoms with Crippen LogP contribution in [0.15, 0.2) is 0 Å². The van der Waals surface area contributed by atoms with E-state index in [0.29, 0.717) is 13.2 Å². The zero-order valence-corrected chi connectivity index (χ0v) is 12.1. The first-order valence-corrected chi connectivity index (χ1v) is 6.49. The lowest BCUT2D eigenvalue weighted by atomic mass is 10.0. The van der Waals surface area contributed by atoms with Gasteiger partial charge in [0.05, 0.1) is 12.1 Å². The molecule has 0 aromatic heterocycles. The molecule has 1 amide bonds. The summed E-state index contributed by atoms with van der Waals surface area (Å²) < 4.78 is 5.40. The zero-order chi connectivity index (χ0) is 13.5. The van der Waals surface area contributed by atoms with Gasteiger partial charge in [-0.05, 0) is 41.0 Å². The molecule has 0 radical (unpaired) electrons. The van der Waals surface area contributed by atoms with E-state index in [2.05, 4.69) is 17.6 Å². The Bertz CT molecular complexity index is 229. The van der Waals surface area contributed by atoms with Crippen LogP contribution in [0.3, 0.4) is 0 Å². The lowest BCUT2D eigenvalue weighted by Crippen LogP contribution is -2.51. The van der Waals surface area contributed by atoms with Gasteiger partial charge >= 0.3 is 0 Å². The van der Waals surface area contributed by atoms with Crippen molar-refractivity contribution in [1.29, 1.82) is 0 Å². The van der Waals surface area contributed by atoms with Gasteiger partial charge < -0.3 is 15.4 Å². The first-order chi connectivity index (χ1) is 7.82. The summed E-state index contributed by atoms with van der Waals surface area (Å²) in [5, 5.41) is 6.20. The third-order valence-corrected chi connectivity index (χ3v) is 2.90. The van der Waals surface area contributed by atoms with Gasteiger partial charge in [0.25, 0.3) is 0 Å². The molecule has 0 saturated heterocycles. The van der Waals surface area contributed by atoms with Crippen molar-refractivity contribution in [1.82, 2.24) is 10.6 Å². The maximum absolute atomic E-state index is 11.9. The average Bonchev–Trinajstić information content (AvgIpc) is 2.25. The summed E-state index contributed by atoms with van der Waals surface area (Å²) in [5.74, 6) is 0.0422. The van der Waals surface area contributed by atoms with Crippen molar-refractivity contribution in [3.63, 3.8) is 0 Å². The van der Waals surface area contributed by atoms with Gasteiger partial charge in [-0.25, -0.2) is 0 Å². The topological polar surface area (TPSA) is 50.4 Å². The van der Waals surface area contributed by atoms with Crippen molar-refractivity contribution >= 4 is 5.91 Å². The van der Waals surface area contributed by atoms with Gasteiger partial charge in [0.15, 0.2) is 0 Å². The van der Waals surface area contributed by atoms with Crippen molar-refractivity contribution in [3.05, 3.63) is 0 Å². The molecule has 2 atom stereocenters. The van der Waals surface area contributed by atoms with Gasteiger partial charge in [-0.1, -0.05) is 6.92 Å². The molecular weight excluding hydrogens is 216 g/mol. The molecule has 0 aliphatic heterocycles. The fourth-order valence-electron chi connectivity index (χ4n) is 1.31. The van der Waals surface area contributed by atoms with Crippen molar-refractivity contribution in [2.45, 2.75) is 65.6 Å². The van der Waals surface area contributed by atoms with Gasteiger partial charge in [0.1, 0.15) is 0 Å². The minimum Gasteiger partial charge on any atom is -0.377 e. The summed E-state index contributed by atoms with van der Waals surface area (Å²) >= 11 is 0. The minimum absolute atomic E-state index is 0.0422. The van der Waals surface area contributed by atoms with Crippen LogP contribution >= 0.6 is 0 Å². The first-order valence-electron chi connectivity index (χ1n) is 6.49. The Morgan fingerprint density at radius 3 is 2.35 bits per heavy atom. The van der Waals surface area contributed by atoms with Crippen molar-refractivity contribution in [2.24, 2.45) is 0 Å². The summed E-state index contributed by atoms with van der Waals surface area (Å²) in [6, 6.07) is -0.191. The smallest absolute Gasteiger partial charge is 0.237 e. The molecule has 4 nitrogen and oxygen atoms in total. The molecule has 0 aromatic carbocycles. The second kappa shape index (κ2) is 7.67. The Labute approximate surface area is 105 Å². The Morgan fingerprint density at radius 1 is 1.29 bits per heavy atom. The SMILES string of the molecule is CCOC(C)CNC(C)C(=O)NC(C)(C)CC. The van der Waals surface area contributed by atoms with Crippen LogP contribution in [0.25, 0.3) is 0 Å². The van der Waals surface area contributed by atoms with E-state index >= 15 is 0 Å².